The lowest BCUT2D eigenvalue weighted by Crippen LogP contribution is -2.51. The molecule has 0 aromatic heterocycles. The van der Waals surface area contributed by atoms with E-state index < -0.39 is 12.0 Å². The van der Waals surface area contributed by atoms with Crippen molar-refractivity contribution in [2.24, 2.45) is 11.8 Å². The number of hydrogen-bond acceptors (Lipinski definition) is 5. The number of rotatable bonds is 8. The van der Waals surface area contributed by atoms with Gasteiger partial charge in [-0.2, -0.15) is 0 Å². The number of piperidine rings is 1. The van der Waals surface area contributed by atoms with Gasteiger partial charge in [-0.25, -0.2) is 4.79 Å². The number of likely N-dealkylation sites (N-methyl/N-ethyl adjacent to an activating group) is 1. The molecule has 0 spiro atoms. The largest absolute Gasteiger partial charge is 0.467 e. The fourth-order valence-corrected chi connectivity index (χ4v) is 3.02. The van der Waals surface area contributed by atoms with E-state index in [-0.39, 0.29) is 30.2 Å². The van der Waals surface area contributed by atoms with E-state index in [0.717, 1.165) is 32.1 Å². The zero-order chi connectivity index (χ0) is 16.8. The Balaban J connectivity index is 1.94. The number of nitrogens with one attached hydrogen (secondary N) is 3. The van der Waals surface area contributed by atoms with Crippen LogP contribution in [-0.4, -0.2) is 50.6 Å². The molecule has 1 aliphatic heterocycles. The average Bonchev–Trinajstić information content (AvgIpc) is 3.37. The SMILES string of the molecule is CNC(CC1CC1)C(=O)NC(CC1CCCNC1=O)C(=O)OC. The molecule has 2 amide bonds. The number of amides is 2. The van der Waals surface area contributed by atoms with Gasteiger partial charge in [-0.1, -0.05) is 12.8 Å². The highest BCUT2D eigenvalue weighted by atomic mass is 16.5. The van der Waals surface area contributed by atoms with Gasteiger partial charge < -0.3 is 20.7 Å². The maximum atomic E-state index is 12.4. The Morgan fingerprint density at radius 2 is 2.00 bits per heavy atom. The van der Waals surface area contributed by atoms with E-state index in [0.29, 0.717) is 12.5 Å². The molecule has 23 heavy (non-hydrogen) atoms. The molecule has 2 rings (SSSR count). The zero-order valence-electron chi connectivity index (χ0n) is 13.9. The van der Waals surface area contributed by atoms with Gasteiger partial charge in [0.1, 0.15) is 6.04 Å². The molecule has 7 nitrogen and oxygen atoms in total. The molecule has 0 radical (unpaired) electrons. The van der Waals surface area contributed by atoms with Crippen LogP contribution in [-0.2, 0) is 19.1 Å². The summed E-state index contributed by atoms with van der Waals surface area (Å²) in [6.07, 6.45) is 5.00. The van der Waals surface area contributed by atoms with Crippen molar-refractivity contribution in [2.45, 2.75) is 50.6 Å². The third-order valence-corrected chi connectivity index (χ3v) is 4.65. The van der Waals surface area contributed by atoms with Crippen LogP contribution >= 0.6 is 0 Å². The van der Waals surface area contributed by atoms with Crippen molar-refractivity contribution in [1.82, 2.24) is 16.0 Å². The van der Waals surface area contributed by atoms with E-state index >= 15 is 0 Å². The lowest BCUT2D eigenvalue weighted by Gasteiger charge is -2.26. The Hall–Kier alpha value is -1.63. The summed E-state index contributed by atoms with van der Waals surface area (Å²) in [5, 5.41) is 8.57. The van der Waals surface area contributed by atoms with Crippen molar-refractivity contribution < 1.29 is 19.1 Å². The molecule has 1 aliphatic carbocycles. The normalized spacial score (nSPS) is 23.6. The van der Waals surface area contributed by atoms with E-state index in [2.05, 4.69) is 16.0 Å². The van der Waals surface area contributed by atoms with Gasteiger partial charge in [0.15, 0.2) is 0 Å². The number of ether oxygens (including phenoxy) is 1. The maximum absolute atomic E-state index is 12.4. The molecule has 7 heteroatoms. The summed E-state index contributed by atoms with van der Waals surface area (Å²) in [7, 11) is 3.04. The van der Waals surface area contributed by atoms with Crippen LogP contribution in [0.4, 0.5) is 0 Å². The van der Waals surface area contributed by atoms with Crippen LogP contribution in [0, 0.1) is 11.8 Å². The summed E-state index contributed by atoms with van der Waals surface area (Å²) in [5.74, 6) is -0.421. The number of methoxy groups -OCH3 is 1. The molecule has 0 bridgehead atoms. The fourth-order valence-electron chi connectivity index (χ4n) is 3.02. The van der Waals surface area contributed by atoms with Crippen LogP contribution in [0.15, 0.2) is 0 Å². The highest BCUT2D eigenvalue weighted by Crippen LogP contribution is 2.33. The van der Waals surface area contributed by atoms with Crippen molar-refractivity contribution in [2.75, 3.05) is 20.7 Å². The van der Waals surface area contributed by atoms with Crippen LogP contribution < -0.4 is 16.0 Å². The lowest BCUT2D eigenvalue weighted by atomic mass is 9.91. The van der Waals surface area contributed by atoms with Crippen molar-refractivity contribution in [3.05, 3.63) is 0 Å². The highest BCUT2D eigenvalue weighted by Gasteiger charge is 2.33. The van der Waals surface area contributed by atoms with E-state index in [1.165, 1.54) is 7.11 Å². The van der Waals surface area contributed by atoms with Gasteiger partial charge in [-0.3, -0.25) is 9.59 Å². The molecular weight excluding hydrogens is 298 g/mol. The molecule has 2 aliphatic rings. The number of carbonyl (C=O) groups is 3. The molecular formula is C16H27N3O4. The molecule has 3 unspecified atom stereocenters. The maximum Gasteiger partial charge on any atom is 0.328 e. The molecule has 2 fully saturated rings. The van der Waals surface area contributed by atoms with Crippen LogP contribution in [0.25, 0.3) is 0 Å². The molecule has 1 saturated carbocycles. The van der Waals surface area contributed by atoms with Crippen LogP contribution in [0.5, 0.6) is 0 Å². The molecule has 0 aromatic rings. The third kappa shape index (κ3) is 5.20. The quantitative estimate of drug-likeness (QED) is 0.544. The molecule has 1 heterocycles. The molecule has 3 atom stereocenters. The van der Waals surface area contributed by atoms with Gasteiger partial charge in [-0.05, 0) is 38.6 Å². The Labute approximate surface area is 136 Å². The van der Waals surface area contributed by atoms with Crippen LogP contribution in [0.1, 0.15) is 38.5 Å². The van der Waals surface area contributed by atoms with Gasteiger partial charge in [0.05, 0.1) is 13.2 Å². The zero-order valence-corrected chi connectivity index (χ0v) is 13.9. The van der Waals surface area contributed by atoms with Crippen LogP contribution in [0.3, 0.4) is 0 Å². The fraction of sp³-hybridized carbons (Fsp3) is 0.812. The van der Waals surface area contributed by atoms with E-state index in [4.69, 9.17) is 4.74 Å². The summed E-state index contributed by atoms with van der Waals surface area (Å²) in [6.45, 7) is 0.674. The predicted octanol–water partition coefficient (Wildman–Crippen LogP) is -0.0514. The van der Waals surface area contributed by atoms with Gasteiger partial charge in [0.2, 0.25) is 11.8 Å². The Morgan fingerprint density at radius 1 is 1.26 bits per heavy atom. The standard InChI is InChI=1S/C16H27N3O4/c1-17-12(8-10-5-6-10)15(21)19-13(16(22)23-2)9-11-4-3-7-18-14(11)20/h10-13,17H,3-9H2,1-2H3,(H,18,20)(H,19,21). The first-order valence-corrected chi connectivity index (χ1v) is 8.38. The van der Waals surface area contributed by atoms with E-state index in [1.807, 2.05) is 0 Å². The van der Waals surface area contributed by atoms with Gasteiger partial charge in [0, 0.05) is 12.5 Å². The number of carbonyl (C=O) groups excluding carboxylic acids is 3. The molecule has 1 saturated heterocycles. The first-order valence-electron chi connectivity index (χ1n) is 8.38. The van der Waals surface area contributed by atoms with Crippen molar-refractivity contribution in [1.29, 1.82) is 0 Å². The minimum atomic E-state index is -0.781. The third-order valence-electron chi connectivity index (χ3n) is 4.65. The average molecular weight is 325 g/mol. The molecule has 0 aromatic carbocycles. The van der Waals surface area contributed by atoms with Crippen molar-refractivity contribution in [3.8, 4) is 0 Å². The summed E-state index contributed by atoms with van der Waals surface area (Å²) in [5.41, 5.74) is 0. The van der Waals surface area contributed by atoms with Gasteiger partial charge in [-0.15, -0.1) is 0 Å². The minimum absolute atomic E-state index is 0.0532. The van der Waals surface area contributed by atoms with Gasteiger partial charge >= 0.3 is 5.97 Å². The summed E-state index contributed by atoms with van der Waals surface area (Å²) in [6, 6.07) is -1.09. The first kappa shape index (κ1) is 17.7. The van der Waals surface area contributed by atoms with E-state index in [1.54, 1.807) is 7.05 Å². The van der Waals surface area contributed by atoms with Crippen molar-refractivity contribution >= 4 is 17.8 Å². The lowest BCUT2D eigenvalue weighted by molar-refractivity contribution is -0.146. The predicted molar refractivity (Wildman–Crippen MR) is 84.5 cm³/mol. The smallest absolute Gasteiger partial charge is 0.328 e. The monoisotopic (exact) mass is 325 g/mol. The summed E-state index contributed by atoms with van der Waals surface area (Å²) < 4.78 is 4.79. The summed E-state index contributed by atoms with van der Waals surface area (Å²) in [4.78, 5) is 36.3. The van der Waals surface area contributed by atoms with Crippen molar-refractivity contribution in [3.63, 3.8) is 0 Å². The second kappa shape index (κ2) is 8.29. The second-order valence-corrected chi connectivity index (χ2v) is 6.47. The van der Waals surface area contributed by atoms with Gasteiger partial charge in [0.25, 0.3) is 0 Å². The Bertz CT molecular complexity index is 451. The Morgan fingerprint density at radius 3 is 2.57 bits per heavy atom. The number of esters is 1. The topological polar surface area (TPSA) is 96.5 Å². The summed E-state index contributed by atoms with van der Waals surface area (Å²) >= 11 is 0. The Kier molecular flexibility index (Phi) is 6.38. The second-order valence-electron chi connectivity index (χ2n) is 6.47. The minimum Gasteiger partial charge on any atom is -0.467 e. The highest BCUT2D eigenvalue weighted by molar-refractivity contribution is 5.88. The first-order chi connectivity index (χ1) is 11.0. The number of hydrogen-bond donors (Lipinski definition) is 3. The van der Waals surface area contributed by atoms with Crippen LogP contribution in [0.2, 0.25) is 0 Å². The molecule has 3 N–H and O–H groups in total. The molecule has 130 valence electrons. The van der Waals surface area contributed by atoms with E-state index in [9.17, 15) is 14.4 Å².